The highest BCUT2D eigenvalue weighted by molar-refractivity contribution is 5.71. The second-order valence-electron chi connectivity index (χ2n) is 14.7. The van der Waals surface area contributed by atoms with Gasteiger partial charge in [0.2, 0.25) is 0 Å². The maximum absolute atomic E-state index is 12.6. The molecule has 0 aromatic rings. The van der Waals surface area contributed by atoms with E-state index in [1.165, 1.54) is 116 Å². The van der Waals surface area contributed by atoms with Gasteiger partial charge >= 0.3 is 17.9 Å². The minimum Gasteiger partial charge on any atom is -0.462 e. The van der Waals surface area contributed by atoms with E-state index in [9.17, 15) is 14.4 Å². The number of hydrogen-bond acceptors (Lipinski definition) is 6. The first kappa shape index (κ1) is 46.4. The van der Waals surface area contributed by atoms with Gasteiger partial charge < -0.3 is 14.2 Å². The zero-order valence-corrected chi connectivity index (χ0v) is 32.4. The van der Waals surface area contributed by atoms with E-state index in [1.54, 1.807) is 0 Å². The van der Waals surface area contributed by atoms with Crippen molar-refractivity contribution in [3.05, 3.63) is 0 Å². The lowest BCUT2D eigenvalue weighted by Gasteiger charge is -2.18. The molecule has 0 heterocycles. The summed E-state index contributed by atoms with van der Waals surface area (Å²) in [5, 5.41) is 0. The summed E-state index contributed by atoms with van der Waals surface area (Å²) < 4.78 is 16.5. The van der Waals surface area contributed by atoms with E-state index in [1.807, 2.05) is 0 Å². The maximum Gasteiger partial charge on any atom is 0.306 e. The molecule has 48 heavy (non-hydrogen) atoms. The van der Waals surface area contributed by atoms with Crippen molar-refractivity contribution in [2.24, 2.45) is 5.92 Å². The van der Waals surface area contributed by atoms with Crippen molar-refractivity contribution < 1.29 is 28.6 Å². The van der Waals surface area contributed by atoms with E-state index in [0.29, 0.717) is 19.3 Å². The largest absolute Gasteiger partial charge is 0.462 e. The number of carbonyl (C=O) groups is 3. The number of carbonyl (C=O) groups excluding carboxylic acids is 3. The lowest BCUT2D eigenvalue weighted by molar-refractivity contribution is -0.167. The molecule has 0 aliphatic heterocycles. The molecule has 1 atom stereocenters. The van der Waals surface area contributed by atoms with Crippen molar-refractivity contribution in [2.45, 2.75) is 233 Å². The van der Waals surface area contributed by atoms with Gasteiger partial charge in [-0.2, -0.15) is 0 Å². The number of hydrogen-bond donors (Lipinski definition) is 0. The fourth-order valence-corrected chi connectivity index (χ4v) is 6.10. The Morgan fingerprint density at radius 1 is 0.396 bits per heavy atom. The van der Waals surface area contributed by atoms with Gasteiger partial charge in [0, 0.05) is 19.3 Å². The maximum atomic E-state index is 12.6. The molecule has 6 nitrogen and oxygen atoms in total. The predicted molar refractivity (Wildman–Crippen MR) is 201 cm³/mol. The Kier molecular flexibility index (Phi) is 35.5. The summed E-state index contributed by atoms with van der Waals surface area (Å²) in [6, 6.07) is 0. The van der Waals surface area contributed by atoms with Crippen LogP contribution in [0.3, 0.4) is 0 Å². The quantitative estimate of drug-likeness (QED) is 0.0369. The van der Waals surface area contributed by atoms with Crippen molar-refractivity contribution in [1.29, 1.82) is 0 Å². The highest BCUT2D eigenvalue weighted by atomic mass is 16.6. The Morgan fingerprint density at radius 3 is 1.02 bits per heavy atom. The lowest BCUT2D eigenvalue weighted by Crippen LogP contribution is -2.30. The first-order chi connectivity index (χ1) is 23.4. The van der Waals surface area contributed by atoms with Crippen LogP contribution in [0.1, 0.15) is 227 Å². The van der Waals surface area contributed by atoms with Crippen LogP contribution in [0.25, 0.3) is 0 Å². The molecule has 0 radical (unpaired) electrons. The molecule has 0 spiro atoms. The SMILES string of the molecule is CCCCCCCCCCCCC(=O)OC[C@@H](COC(=O)CCCCCCC)OC(=O)CCCCCCCCCCCCCCC(C)C. The predicted octanol–water partition coefficient (Wildman–Crippen LogP) is 12.8. The van der Waals surface area contributed by atoms with Crippen molar-refractivity contribution in [2.75, 3.05) is 13.2 Å². The zero-order chi connectivity index (χ0) is 35.3. The van der Waals surface area contributed by atoms with Crippen LogP contribution >= 0.6 is 0 Å². The van der Waals surface area contributed by atoms with Crippen LogP contribution < -0.4 is 0 Å². The third-order valence-electron chi connectivity index (χ3n) is 9.29. The lowest BCUT2D eigenvalue weighted by atomic mass is 10.0. The van der Waals surface area contributed by atoms with Crippen molar-refractivity contribution >= 4 is 17.9 Å². The van der Waals surface area contributed by atoms with Crippen LogP contribution in [0.15, 0.2) is 0 Å². The molecule has 0 unspecified atom stereocenters. The van der Waals surface area contributed by atoms with Gasteiger partial charge in [0.25, 0.3) is 0 Å². The molecule has 0 aliphatic carbocycles. The molecular formula is C42H80O6. The molecule has 284 valence electrons. The van der Waals surface area contributed by atoms with Crippen LogP contribution in [0.5, 0.6) is 0 Å². The Labute approximate surface area is 298 Å². The minimum absolute atomic E-state index is 0.0654. The van der Waals surface area contributed by atoms with E-state index < -0.39 is 6.10 Å². The van der Waals surface area contributed by atoms with E-state index in [-0.39, 0.29) is 31.1 Å². The second-order valence-corrected chi connectivity index (χ2v) is 14.7. The molecule has 0 aromatic carbocycles. The molecule has 0 rings (SSSR count). The molecule has 0 saturated heterocycles. The Morgan fingerprint density at radius 2 is 0.688 bits per heavy atom. The number of ether oxygens (including phenoxy) is 3. The minimum atomic E-state index is -0.756. The zero-order valence-electron chi connectivity index (χ0n) is 32.4. The summed E-state index contributed by atoms with van der Waals surface area (Å²) in [5.41, 5.74) is 0. The number of esters is 3. The fraction of sp³-hybridized carbons (Fsp3) is 0.929. The molecular weight excluding hydrogens is 600 g/mol. The molecule has 0 aliphatic rings. The van der Waals surface area contributed by atoms with Gasteiger partial charge in [0.05, 0.1) is 0 Å². The van der Waals surface area contributed by atoms with E-state index in [4.69, 9.17) is 14.2 Å². The van der Waals surface area contributed by atoms with Crippen molar-refractivity contribution in [3.8, 4) is 0 Å². The van der Waals surface area contributed by atoms with Gasteiger partial charge in [0.1, 0.15) is 13.2 Å². The Bertz CT molecular complexity index is 721. The van der Waals surface area contributed by atoms with Gasteiger partial charge in [-0.3, -0.25) is 14.4 Å². The molecule has 6 heteroatoms. The normalized spacial score (nSPS) is 11.9. The third kappa shape index (κ3) is 35.7. The monoisotopic (exact) mass is 681 g/mol. The van der Waals surface area contributed by atoms with Crippen molar-refractivity contribution in [1.82, 2.24) is 0 Å². The van der Waals surface area contributed by atoms with Gasteiger partial charge in [0.15, 0.2) is 6.10 Å². The fourth-order valence-electron chi connectivity index (χ4n) is 6.10. The molecule has 0 N–H and O–H groups in total. The summed E-state index contributed by atoms with van der Waals surface area (Å²) in [4.78, 5) is 37.3. The summed E-state index contributed by atoms with van der Waals surface area (Å²) in [6.07, 6.45) is 34.0. The van der Waals surface area contributed by atoms with Gasteiger partial charge in [-0.1, -0.05) is 188 Å². The highest BCUT2D eigenvalue weighted by Crippen LogP contribution is 2.16. The van der Waals surface area contributed by atoms with Crippen LogP contribution in [0, 0.1) is 5.92 Å². The third-order valence-corrected chi connectivity index (χ3v) is 9.29. The molecule has 0 amide bonds. The van der Waals surface area contributed by atoms with Crippen molar-refractivity contribution in [3.63, 3.8) is 0 Å². The van der Waals surface area contributed by atoms with E-state index >= 15 is 0 Å². The van der Waals surface area contributed by atoms with Gasteiger partial charge in [-0.05, 0) is 25.2 Å². The van der Waals surface area contributed by atoms with E-state index in [2.05, 4.69) is 27.7 Å². The summed E-state index contributed by atoms with van der Waals surface area (Å²) >= 11 is 0. The van der Waals surface area contributed by atoms with Gasteiger partial charge in [-0.15, -0.1) is 0 Å². The first-order valence-corrected chi connectivity index (χ1v) is 20.9. The standard InChI is InChI=1S/C42H80O6/c1-5-7-9-11-12-13-19-22-26-30-34-41(44)47-37-39(36-46-40(43)33-29-24-10-8-6-2)48-42(45)35-31-27-23-20-17-15-14-16-18-21-25-28-32-38(3)4/h38-39H,5-37H2,1-4H3/t39-/m1/s1. The summed E-state index contributed by atoms with van der Waals surface area (Å²) in [7, 11) is 0. The van der Waals surface area contributed by atoms with Crippen LogP contribution in [0.2, 0.25) is 0 Å². The highest BCUT2D eigenvalue weighted by Gasteiger charge is 2.19. The average molecular weight is 681 g/mol. The topological polar surface area (TPSA) is 78.9 Å². The molecule has 0 bridgehead atoms. The Hall–Kier alpha value is -1.59. The number of unbranched alkanes of at least 4 members (excludes halogenated alkanes) is 24. The summed E-state index contributed by atoms with van der Waals surface area (Å²) in [5.74, 6) is -0.0425. The van der Waals surface area contributed by atoms with E-state index in [0.717, 1.165) is 70.1 Å². The molecule has 0 fully saturated rings. The second kappa shape index (κ2) is 36.7. The van der Waals surface area contributed by atoms with Crippen LogP contribution in [-0.2, 0) is 28.6 Å². The average Bonchev–Trinajstić information content (AvgIpc) is 3.06. The first-order valence-electron chi connectivity index (χ1n) is 20.9. The molecule has 0 aromatic heterocycles. The molecule has 0 saturated carbocycles. The number of rotatable bonds is 37. The Balaban J connectivity index is 4.21. The van der Waals surface area contributed by atoms with Gasteiger partial charge in [-0.25, -0.2) is 0 Å². The smallest absolute Gasteiger partial charge is 0.306 e. The summed E-state index contributed by atoms with van der Waals surface area (Å²) in [6.45, 7) is 8.89. The van der Waals surface area contributed by atoms with Crippen LogP contribution in [0.4, 0.5) is 0 Å². The van der Waals surface area contributed by atoms with Crippen LogP contribution in [-0.4, -0.2) is 37.2 Å².